The Labute approximate surface area is 244 Å². The SMILES string of the molecule is CC[C@H](C)NC(=O)[C@H](C)N(Cc1cccc(Br)c1)C(=O)CN(c1ccc(C)c(Cl)c1)S(=O)(=O)c1ccccc1. The first-order valence-electron chi connectivity index (χ1n) is 12.6. The van der Waals surface area contributed by atoms with Crippen LogP contribution < -0.4 is 9.62 Å². The topological polar surface area (TPSA) is 86.8 Å². The summed E-state index contributed by atoms with van der Waals surface area (Å²) in [6, 6.07) is 19.2. The highest BCUT2D eigenvalue weighted by molar-refractivity contribution is 9.10. The zero-order valence-electron chi connectivity index (χ0n) is 22.4. The summed E-state index contributed by atoms with van der Waals surface area (Å²) in [5.74, 6) is -0.846. The van der Waals surface area contributed by atoms with Crippen molar-refractivity contribution < 1.29 is 18.0 Å². The Balaban J connectivity index is 2.04. The number of rotatable bonds is 11. The molecule has 1 N–H and O–H groups in total. The van der Waals surface area contributed by atoms with Gasteiger partial charge >= 0.3 is 0 Å². The molecule has 0 radical (unpaired) electrons. The van der Waals surface area contributed by atoms with E-state index in [9.17, 15) is 18.0 Å². The van der Waals surface area contributed by atoms with Gasteiger partial charge in [-0.2, -0.15) is 0 Å². The van der Waals surface area contributed by atoms with Crippen molar-refractivity contribution in [2.45, 2.75) is 57.6 Å². The molecule has 0 aliphatic carbocycles. The van der Waals surface area contributed by atoms with Crippen LogP contribution in [0, 0.1) is 6.92 Å². The van der Waals surface area contributed by atoms with E-state index in [2.05, 4.69) is 21.2 Å². The van der Waals surface area contributed by atoms with Gasteiger partial charge in [0.2, 0.25) is 11.8 Å². The molecule has 0 unspecified atom stereocenters. The number of hydrogen-bond acceptors (Lipinski definition) is 4. The van der Waals surface area contributed by atoms with Crippen molar-refractivity contribution in [3.05, 3.63) is 93.4 Å². The van der Waals surface area contributed by atoms with Gasteiger partial charge in [-0.25, -0.2) is 8.42 Å². The fourth-order valence-electron chi connectivity index (χ4n) is 3.87. The van der Waals surface area contributed by atoms with E-state index < -0.39 is 28.5 Å². The van der Waals surface area contributed by atoms with Gasteiger partial charge in [0, 0.05) is 22.1 Å². The first-order chi connectivity index (χ1) is 18.4. The zero-order chi connectivity index (χ0) is 28.7. The molecule has 0 aliphatic rings. The van der Waals surface area contributed by atoms with Crippen LogP contribution in [-0.2, 0) is 26.2 Å². The number of hydrogen-bond donors (Lipinski definition) is 1. The molecule has 3 aromatic carbocycles. The first-order valence-corrected chi connectivity index (χ1v) is 15.2. The van der Waals surface area contributed by atoms with Crippen molar-refractivity contribution in [2.75, 3.05) is 10.8 Å². The molecule has 208 valence electrons. The molecule has 0 fully saturated rings. The second-order valence-corrected chi connectivity index (χ2v) is 12.6. The Bertz CT molecular complexity index is 1420. The van der Waals surface area contributed by atoms with Crippen molar-refractivity contribution in [3.8, 4) is 0 Å². The second kappa shape index (κ2) is 13.5. The van der Waals surface area contributed by atoms with Gasteiger partial charge in [-0.15, -0.1) is 0 Å². The Morgan fingerprint density at radius 1 is 1.00 bits per heavy atom. The van der Waals surface area contributed by atoms with Crippen molar-refractivity contribution in [1.29, 1.82) is 0 Å². The van der Waals surface area contributed by atoms with E-state index in [0.717, 1.165) is 26.3 Å². The Morgan fingerprint density at radius 2 is 1.69 bits per heavy atom. The third-order valence-corrected chi connectivity index (χ3v) is 9.15. The highest BCUT2D eigenvalue weighted by Crippen LogP contribution is 2.28. The molecule has 3 rings (SSSR count). The van der Waals surface area contributed by atoms with Crippen molar-refractivity contribution in [2.24, 2.45) is 0 Å². The molecule has 10 heteroatoms. The van der Waals surface area contributed by atoms with Gasteiger partial charge in [-0.3, -0.25) is 13.9 Å². The lowest BCUT2D eigenvalue weighted by Crippen LogP contribution is -2.52. The molecule has 0 bridgehead atoms. The molecule has 2 atom stereocenters. The monoisotopic (exact) mass is 633 g/mol. The normalized spacial score (nSPS) is 12.9. The van der Waals surface area contributed by atoms with Crippen LogP contribution in [0.15, 0.2) is 82.2 Å². The average Bonchev–Trinajstić information content (AvgIpc) is 2.91. The minimum Gasteiger partial charge on any atom is -0.352 e. The standard InChI is InChI=1S/C29H33BrClN3O4S/c1-5-21(3)32-29(36)22(4)33(18-23-10-9-11-24(30)16-23)28(35)19-34(25-15-14-20(2)27(31)17-25)39(37,38)26-12-7-6-8-13-26/h6-17,21-22H,5,18-19H2,1-4H3,(H,32,36)/t21-,22-/m0/s1. The van der Waals surface area contributed by atoms with Gasteiger partial charge in [0.25, 0.3) is 10.0 Å². The van der Waals surface area contributed by atoms with Crippen LogP contribution in [0.3, 0.4) is 0 Å². The zero-order valence-corrected chi connectivity index (χ0v) is 25.6. The Morgan fingerprint density at radius 3 is 2.31 bits per heavy atom. The van der Waals surface area contributed by atoms with Gasteiger partial charge in [-0.05, 0) is 74.7 Å². The lowest BCUT2D eigenvalue weighted by molar-refractivity contribution is -0.139. The van der Waals surface area contributed by atoms with Crippen molar-refractivity contribution >= 4 is 55.1 Å². The number of carbonyl (C=O) groups is 2. The molecule has 0 aromatic heterocycles. The van der Waals surface area contributed by atoms with E-state index >= 15 is 0 Å². The summed E-state index contributed by atoms with van der Waals surface area (Å²) in [4.78, 5) is 28.5. The Kier molecular flexibility index (Phi) is 10.6. The second-order valence-electron chi connectivity index (χ2n) is 9.40. The predicted molar refractivity (Wildman–Crippen MR) is 159 cm³/mol. The molecule has 0 heterocycles. The molecule has 0 aliphatic heterocycles. The van der Waals surface area contributed by atoms with Crippen LogP contribution >= 0.6 is 27.5 Å². The third kappa shape index (κ3) is 7.84. The van der Waals surface area contributed by atoms with Crippen molar-refractivity contribution in [3.63, 3.8) is 0 Å². The maximum absolute atomic E-state index is 13.9. The van der Waals surface area contributed by atoms with Gasteiger partial charge in [-0.1, -0.05) is 70.9 Å². The lowest BCUT2D eigenvalue weighted by atomic mass is 10.1. The number of amides is 2. The molecular weight excluding hydrogens is 602 g/mol. The minimum atomic E-state index is -4.14. The van der Waals surface area contributed by atoms with E-state index in [4.69, 9.17) is 11.6 Å². The Hall–Kier alpha value is -2.88. The van der Waals surface area contributed by atoms with Crippen LogP contribution in [-0.4, -0.2) is 43.8 Å². The summed E-state index contributed by atoms with van der Waals surface area (Å²) >= 11 is 9.80. The summed E-state index contributed by atoms with van der Waals surface area (Å²) < 4.78 is 29.5. The van der Waals surface area contributed by atoms with Crippen LogP contribution in [0.4, 0.5) is 5.69 Å². The molecule has 39 heavy (non-hydrogen) atoms. The molecule has 0 saturated heterocycles. The summed E-state index contributed by atoms with van der Waals surface area (Å²) in [5, 5.41) is 3.30. The van der Waals surface area contributed by atoms with Crippen LogP contribution in [0.5, 0.6) is 0 Å². The number of nitrogens with one attached hydrogen (secondary N) is 1. The quantitative estimate of drug-likeness (QED) is 0.283. The summed E-state index contributed by atoms with van der Waals surface area (Å²) in [6.07, 6.45) is 0.731. The van der Waals surface area contributed by atoms with E-state index in [1.54, 1.807) is 37.3 Å². The van der Waals surface area contributed by atoms with Crippen LogP contribution in [0.2, 0.25) is 5.02 Å². The smallest absolute Gasteiger partial charge is 0.264 e. The number of carbonyl (C=O) groups excluding carboxylic acids is 2. The predicted octanol–water partition coefficient (Wildman–Crippen LogP) is 5.94. The maximum Gasteiger partial charge on any atom is 0.264 e. The number of nitrogens with zero attached hydrogens (tertiary/aromatic N) is 2. The first kappa shape index (κ1) is 30.7. The molecule has 3 aromatic rings. The average molecular weight is 635 g/mol. The molecular formula is C29H33BrClN3O4S. The van der Waals surface area contributed by atoms with E-state index in [1.165, 1.54) is 23.1 Å². The highest BCUT2D eigenvalue weighted by Gasteiger charge is 2.33. The van der Waals surface area contributed by atoms with Gasteiger partial charge in [0.05, 0.1) is 10.6 Å². The van der Waals surface area contributed by atoms with Gasteiger partial charge < -0.3 is 10.2 Å². The molecule has 7 nitrogen and oxygen atoms in total. The van der Waals surface area contributed by atoms with E-state index in [0.29, 0.717) is 5.02 Å². The fourth-order valence-corrected chi connectivity index (χ4v) is 5.91. The number of aryl methyl sites for hydroxylation is 1. The fraction of sp³-hybridized carbons (Fsp3) is 0.310. The largest absolute Gasteiger partial charge is 0.352 e. The van der Waals surface area contributed by atoms with Gasteiger partial charge in [0.15, 0.2) is 0 Å². The van der Waals surface area contributed by atoms with E-state index in [1.807, 2.05) is 45.0 Å². The highest BCUT2D eigenvalue weighted by atomic mass is 79.9. The maximum atomic E-state index is 13.9. The number of sulfonamides is 1. The van der Waals surface area contributed by atoms with Crippen LogP contribution in [0.1, 0.15) is 38.3 Å². The minimum absolute atomic E-state index is 0.0376. The van der Waals surface area contributed by atoms with Gasteiger partial charge in [0.1, 0.15) is 12.6 Å². The van der Waals surface area contributed by atoms with Crippen molar-refractivity contribution in [1.82, 2.24) is 10.2 Å². The summed E-state index contributed by atoms with van der Waals surface area (Å²) in [7, 11) is -4.14. The molecule has 0 spiro atoms. The third-order valence-electron chi connectivity index (χ3n) is 6.46. The van der Waals surface area contributed by atoms with E-state index in [-0.39, 0.29) is 29.1 Å². The number of benzene rings is 3. The number of anilines is 1. The summed E-state index contributed by atoms with van der Waals surface area (Å²) in [6.45, 7) is 6.89. The number of halogens is 2. The lowest BCUT2D eigenvalue weighted by Gasteiger charge is -2.32. The molecule has 2 amide bonds. The van der Waals surface area contributed by atoms with Crippen LogP contribution in [0.25, 0.3) is 0 Å². The summed E-state index contributed by atoms with van der Waals surface area (Å²) in [5.41, 5.74) is 1.81. The molecule has 0 saturated carbocycles.